The molecule has 3 aromatic carbocycles. The van der Waals surface area contributed by atoms with E-state index in [0.29, 0.717) is 18.0 Å². The lowest BCUT2D eigenvalue weighted by Crippen LogP contribution is -2.41. The third-order valence-corrected chi connectivity index (χ3v) is 6.47. The molecule has 1 N–H and O–H groups in total. The van der Waals surface area contributed by atoms with E-state index in [9.17, 15) is 13.2 Å². The molecular weight excluding hydrogens is 436 g/mol. The van der Waals surface area contributed by atoms with Crippen LogP contribution in [0, 0.1) is 0 Å². The summed E-state index contributed by atoms with van der Waals surface area (Å²) >= 11 is 0. The van der Waals surface area contributed by atoms with E-state index in [1.165, 1.54) is 5.56 Å². The Morgan fingerprint density at radius 1 is 0.939 bits per heavy atom. The van der Waals surface area contributed by atoms with Gasteiger partial charge in [0, 0.05) is 0 Å². The fourth-order valence-corrected chi connectivity index (χ4v) is 4.25. The van der Waals surface area contributed by atoms with Crippen molar-refractivity contribution in [1.29, 1.82) is 0 Å². The second-order valence-electron chi connectivity index (χ2n) is 7.92. The number of aryl methyl sites for hydroxylation is 1. The molecule has 0 saturated carbocycles. The molecule has 0 spiro atoms. The first-order chi connectivity index (χ1) is 15.8. The lowest BCUT2D eigenvalue weighted by atomic mass is 10.1. The normalized spacial score (nSPS) is 12.1. The molecule has 1 amide bonds. The predicted octanol–water partition coefficient (Wildman–Crippen LogP) is 4.47. The number of rotatable bonds is 10. The van der Waals surface area contributed by atoms with Gasteiger partial charge in [0.1, 0.15) is 18.9 Å². The summed E-state index contributed by atoms with van der Waals surface area (Å²) in [5.74, 6) is 0.238. The maximum absolute atomic E-state index is 12.7. The van der Waals surface area contributed by atoms with Gasteiger partial charge < -0.3 is 10.1 Å². The van der Waals surface area contributed by atoms with Gasteiger partial charge in [-0.1, -0.05) is 61.5 Å². The first kappa shape index (κ1) is 24.3. The van der Waals surface area contributed by atoms with Crippen molar-refractivity contribution in [2.75, 3.05) is 17.1 Å². The SMILES string of the molecule is CCc1ccc([C@H](C)NC(=O)CN(c2ccc(OCc3ccccc3)cc2)S(C)(=O)=O)cc1. The van der Waals surface area contributed by atoms with Gasteiger partial charge >= 0.3 is 0 Å². The van der Waals surface area contributed by atoms with E-state index in [4.69, 9.17) is 4.74 Å². The standard InChI is InChI=1S/C26H30N2O4S/c1-4-21-10-12-23(13-11-21)20(2)27-26(29)18-28(33(3,30)31)24-14-16-25(17-15-24)32-19-22-8-6-5-7-9-22/h5-17,20H,4,18-19H2,1-3H3,(H,27,29)/t20-/m0/s1. The molecule has 7 heteroatoms. The van der Waals surface area contributed by atoms with E-state index in [-0.39, 0.29) is 18.5 Å². The van der Waals surface area contributed by atoms with Crippen LogP contribution in [0.15, 0.2) is 78.9 Å². The van der Waals surface area contributed by atoms with Crippen LogP contribution < -0.4 is 14.4 Å². The van der Waals surface area contributed by atoms with Crippen molar-refractivity contribution in [1.82, 2.24) is 5.32 Å². The largest absolute Gasteiger partial charge is 0.489 e. The Morgan fingerprint density at radius 2 is 1.58 bits per heavy atom. The van der Waals surface area contributed by atoms with E-state index >= 15 is 0 Å². The van der Waals surface area contributed by atoms with E-state index < -0.39 is 10.0 Å². The molecule has 0 bridgehead atoms. The summed E-state index contributed by atoms with van der Waals surface area (Å²) in [5, 5.41) is 2.89. The smallest absolute Gasteiger partial charge is 0.241 e. The first-order valence-corrected chi connectivity index (χ1v) is 12.7. The van der Waals surface area contributed by atoms with Gasteiger partial charge in [-0.15, -0.1) is 0 Å². The molecule has 0 aliphatic heterocycles. The number of ether oxygens (including phenoxy) is 1. The minimum absolute atomic E-state index is 0.237. The van der Waals surface area contributed by atoms with Crippen molar-refractivity contribution in [3.8, 4) is 5.75 Å². The van der Waals surface area contributed by atoms with E-state index in [2.05, 4.69) is 12.2 Å². The summed E-state index contributed by atoms with van der Waals surface area (Å²) in [4.78, 5) is 12.7. The van der Waals surface area contributed by atoms with Crippen molar-refractivity contribution < 1.29 is 17.9 Å². The maximum Gasteiger partial charge on any atom is 0.241 e. The van der Waals surface area contributed by atoms with Crippen LogP contribution >= 0.6 is 0 Å². The zero-order valence-corrected chi connectivity index (χ0v) is 20.0. The highest BCUT2D eigenvalue weighted by atomic mass is 32.2. The van der Waals surface area contributed by atoms with Crippen molar-refractivity contribution >= 4 is 21.6 Å². The van der Waals surface area contributed by atoms with Gasteiger partial charge in [-0.2, -0.15) is 0 Å². The number of hydrogen-bond acceptors (Lipinski definition) is 4. The van der Waals surface area contributed by atoms with Gasteiger partial charge in [0.05, 0.1) is 18.0 Å². The molecule has 0 heterocycles. The van der Waals surface area contributed by atoms with Crippen molar-refractivity contribution in [2.45, 2.75) is 32.9 Å². The molecule has 0 aliphatic rings. The van der Waals surface area contributed by atoms with Gasteiger partial charge in [-0.3, -0.25) is 9.10 Å². The van der Waals surface area contributed by atoms with Crippen molar-refractivity contribution in [3.63, 3.8) is 0 Å². The molecule has 1 atom stereocenters. The second-order valence-corrected chi connectivity index (χ2v) is 9.83. The van der Waals surface area contributed by atoms with Gasteiger partial charge in [-0.25, -0.2) is 8.42 Å². The van der Waals surface area contributed by atoms with Gasteiger partial charge in [0.15, 0.2) is 0 Å². The van der Waals surface area contributed by atoms with Crippen molar-refractivity contribution in [3.05, 3.63) is 95.6 Å². The molecule has 0 fully saturated rings. The fraction of sp³-hybridized carbons (Fsp3) is 0.269. The van der Waals surface area contributed by atoms with Gasteiger partial charge in [0.25, 0.3) is 0 Å². The Balaban J connectivity index is 1.64. The molecule has 0 saturated heterocycles. The first-order valence-electron chi connectivity index (χ1n) is 10.9. The number of sulfonamides is 1. The highest BCUT2D eigenvalue weighted by Gasteiger charge is 2.22. The predicted molar refractivity (Wildman–Crippen MR) is 132 cm³/mol. The summed E-state index contributed by atoms with van der Waals surface area (Å²) < 4.78 is 31.7. The third kappa shape index (κ3) is 7.08. The number of benzene rings is 3. The highest BCUT2D eigenvalue weighted by molar-refractivity contribution is 7.92. The number of nitrogens with zero attached hydrogens (tertiary/aromatic N) is 1. The average Bonchev–Trinajstić information content (AvgIpc) is 2.81. The summed E-state index contributed by atoms with van der Waals surface area (Å²) in [6, 6.07) is 24.2. The Morgan fingerprint density at radius 3 is 2.15 bits per heavy atom. The number of nitrogens with one attached hydrogen (secondary N) is 1. The molecule has 0 aliphatic carbocycles. The number of carbonyl (C=O) groups excluding carboxylic acids is 1. The lowest BCUT2D eigenvalue weighted by Gasteiger charge is -2.23. The molecule has 0 aromatic heterocycles. The Bertz CT molecular complexity index is 1150. The second kappa shape index (κ2) is 11.0. The lowest BCUT2D eigenvalue weighted by molar-refractivity contribution is -0.120. The molecule has 6 nitrogen and oxygen atoms in total. The van der Waals surface area contributed by atoms with Crippen LogP contribution in [-0.2, 0) is 27.8 Å². The third-order valence-electron chi connectivity index (χ3n) is 5.33. The quantitative estimate of drug-likeness (QED) is 0.478. The topological polar surface area (TPSA) is 75.7 Å². The minimum atomic E-state index is -3.66. The molecule has 0 radical (unpaired) electrons. The van der Waals surface area contributed by atoms with Crippen LogP contribution in [0.5, 0.6) is 5.75 Å². The summed E-state index contributed by atoms with van der Waals surface area (Å²) in [7, 11) is -3.66. The molecular formula is C26H30N2O4S. The van der Waals surface area contributed by atoms with E-state index in [1.54, 1.807) is 24.3 Å². The van der Waals surface area contributed by atoms with E-state index in [0.717, 1.165) is 28.1 Å². The number of amides is 1. The van der Waals surface area contributed by atoms with Crippen LogP contribution in [0.3, 0.4) is 0 Å². The summed E-state index contributed by atoms with van der Waals surface area (Å²) in [5.41, 5.74) is 3.62. The molecule has 3 aromatic rings. The minimum Gasteiger partial charge on any atom is -0.489 e. The zero-order chi connectivity index (χ0) is 23.8. The highest BCUT2D eigenvalue weighted by Crippen LogP contribution is 2.22. The van der Waals surface area contributed by atoms with Crippen molar-refractivity contribution in [2.24, 2.45) is 0 Å². The maximum atomic E-state index is 12.7. The van der Waals surface area contributed by atoms with Crippen LogP contribution in [-0.4, -0.2) is 27.1 Å². The summed E-state index contributed by atoms with van der Waals surface area (Å²) in [6.45, 7) is 4.07. The van der Waals surface area contributed by atoms with Gasteiger partial charge in [0.2, 0.25) is 15.9 Å². The summed E-state index contributed by atoms with van der Waals surface area (Å²) in [6.07, 6.45) is 2.04. The Hall–Kier alpha value is -3.32. The average molecular weight is 467 g/mol. The monoisotopic (exact) mass is 466 g/mol. The number of carbonyl (C=O) groups is 1. The van der Waals surface area contributed by atoms with E-state index in [1.807, 2.05) is 61.5 Å². The van der Waals surface area contributed by atoms with Gasteiger partial charge in [-0.05, 0) is 54.3 Å². The number of hydrogen-bond donors (Lipinski definition) is 1. The van der Waals surface area contributed by atoms with Crippen LogP contribution in [0.2, 0.25) is 0 Å². The Labute approximate surface area is 196 Å². The van der Waals surface area contributed by atoms with Crippen LogP contribution in [0.1, 0.15) is 36.6 Å². The Kier molecular flexibility index (Phi) is 8.11. The molecule has 33 heavy (non-hydrogen) atoms. The molecule has 3 rings (SSSR count). The zero-order valence-electron chi connectivity index (χ0n) is 19.2. The molecule has 174 valence electrons. The fourth-order valence-electron chi connectivity index (χ4n) is 3.39. The van der Waals surface area contributed by atoms with Crippen LogP contribution in [0.25, 0.3) is 0 Å². The molecule has 0 unspecified atom stereocenters. The van der Waals surface area contributed by atoms with Crippen LogP contribution in [0.4, 0.5) is 5.69 Å². The number of anilines is 1.